The van der Waals surface area contributed by atoms with Crippen LogP contribution in [0.4, 0.5) is 13.2 Å². The minimum Gasteiger partial charge on any atom is -0.237 e. The van der Waals surface area contributed by atoms with Gasteiger partial charge in [-0.15, -0.1) is 0 Å². The summed E-state index contributed by atoms with van der Waals surface area (Å²) >= 11 is 0. The number of halogens is 3. The van der Waals surface area contributed by atoms with Crippen LogP contribution in [0.1, 0.15) is 31.0 Å². The van der Waals surface area contributed by atoms with E-state index in [0.29, 0.717) is 5.82 Å². The molecule has 1 radical (unpaired) electrons. The van der Waals surface area contributed by atoms with Gasteiger partial charge in [-0.1, -0.05) is 13.8 Å². The van der Waals surface area contributed by atoms with Crippen LogP contribution in [-0.4, -0.2) is 14.8 Å². The Morgan fingerprint density at radius 3 is 2.44 bits per heavy atom. The quantitative estimate of drug-likeness (QED) is 0.823. The fourth-order valence-electron chi connectivity index (χ4n) is 1.39. The fraction of sp³-hybridized carbons (Fsp3) is 0.333. The van der Waals surface area contributed by atoms with Gasteiger partial charge in [-0.25, -0.2) is 9.67 Å². The van der Waals surface area contributed by atoms with E-state index in [0.717, 1.165) is 18.0 Å². The Balaban J connectivity index is 2.29. The van der Waals surface area contributed by atoms with E-state index in [4.69, 9.17) is 0 Å². The number of rotatable bonds is 2. The standard InChI is InChI=1S/C12H11F3N3/c1-8(2)10-5-6-18(17-10)11-4-3-9(7-16-11)12(13,14)15/h3-4,6-8H,1-2H3. The molecule has 2 heterocycles. The molecule has 0 amide bonds. The molecule has 0 atom stereocenters. The van der Waals surface area contributed by atoms with Gasteiger partial charge >= 0.3 is 6.18 Å². The van der Waals surface area contributed by atoms with Crippen molar-refractivity contribution in [1.29, 1.82) is 0 Å². The minimum atomic E-state index is -4.37. The first-order chi connectivity index (χ1) is 8.38. The summed E-state index contributed by atoms with van der Waals surface area (Å²) in [6, 6.07) is 5.21. The molecule has 95 valence electrons. The fourth-order valence-corrected chi connectivity index (χ4v) is 1.39. The summed E-state index contributed by atoms with van der Waals surface area (Å²) < 4.78 is 38.5. The highest BCUT2D eigenvalue weighted by Gasteiger charge is 2.30. The molecule has 0 spiro atoms. The summed E-state index contributed by atoms with van der Waals surface area (Å²) in [5.74, 6) is 0.548. The van der Waals surface area contributed by atoms with Crippen LogP contribution in [0.5, 0.6) is 0 Å². The highest BCUT2D eigenvalue weighted by Crippen LogP contribution is 2.28. The van der Waals surface area contributed by atoms with Crippen LogP contribution >= 0.6 is 0 Å². The Hall–Kier alpha value is -1.85. The maximum absolute atomic E-state index is 12.4. The molecular formula is C12H11F3N3. The van der Waals surface area contributed by atoms with Crippen molar-refractivity contribution in [2.45, 2.75) is 25.9 Å². The van der Waals surface area contributed by atoms with Gasteiger partial charge in [-0.05, 0) is 18.1 Å². The number of hydrogen-bond acceptors (Lipinski definition) is 2. The molecule has 2 aromatic heterocycles. The van der Waals surface area contributed by atoms with Crippen LogP contribution in [0, 0.1) is 6.07 Å². The van der Waals surface area contributed by atoms with E-state index in [2.05, 4.69) is 16.1 Å². The van der Waals surface area contributed by atoms with Crippen LogP contribution in [-0.2, 0) is 6.18 Å². The molecule has 0 aliphatic rings. The summed E-state index contributed by atoms with van der Waals surface area (Å²) in [7, 11) is 0. The summed E-state index contributed by atoms with van der Waals surface area (Å²) in [4.78, 5) is 3.75. The molecule has 2 rings (SSSR count). The average molecular weight is 254 g/mol. The second-order valence-corrected chi connectivity index (χ2v) is 4.16. The molecule has 0 saturated carbocycles. The van der Waals surface area contributed by atoms with Gasteiger partial charge in [0.2, 0.25) is 0 Å². The van der Waals surface area contributed by atoms with Gasteiger partial charge in [0.25, 0.3) is 0 Å². The van der Waals surface area contributed by atoms with E-state index in [9.17, 15) is 13.2 Å². The maximum Gasteiger partial charge on any atom is 0.417 e. The third-order valence-electron chi connectivity index (χ3n) is 2.41. The lowest BCUT2D eigenvalue weighted by atomic mass is 10.1. The highest BCUT2D eigenvalue weighted by atomic mass is 19.4. The van der Waals surface area contributed by atoms with E-state index in [1.807, 2.05) is 13.8 Å². The monoisotopic (exact) mass is 254 g/mol. The summed E-state index contributed by atoms with van der Waals surface area (Å²) in [6.07, 6.45) is -2.01. The maximum atomic E-state index is 12.4. The Bertz CT molecular complexity index is 526. The highest BCUT2D eigenvalue weighted by molar-refractivity contribution is 5.26. The van der Waals surface area contributed by atoms with Crippen molar-refractivity contribution >= 4 is 0 Å². The van der Waals surface area contributed by atoms with Crippen LogP contribution in [0.25, 0.3) is 5.82 Å². The van der Waals surface area contributed by atoms with Crippen molar-refractivity contribution in [2.75, 3.05) is 0 Å². The van der Waals surface area contributed by atoms with Crippen molar-refractivity contribution in [3.8, 4) is 5.82 Å². The SMILES string of the molecule is CC(C)c1[c]cn(-c2ccc(C(F)(F)F)cn2)n1. The predicted octanol–water partition coefficient (Wildman–Crippen LogP) is 3.21. The number of nitrogens with zero attached hydrogens (tertiary/aromatic N) is 3. The number of hydrogen-bond donors (Lipinski definition) is 0. The first-order valence-electron chi connectivity index (χ1n) is 5.39. The van der Waals surface area contributed by atoms with Crippen LogP contribution in [0.15, 0.2) is 24.5 Å². The van der Waals surface area contributed by atoms with Gasteiger partial charge in [0.15, 0.2) is 5.82 Å². The topological polar surface area (TPSA) is 30.7 Å². The number of pyridine rings is 1. The predicted molar refractivity (Wildman–Crippen MR) is 59.3 cm³/mol. The molecule has 0 fully saturated rings. The summed E-state index contributed by atoms with van der Waals surface area (Å²) in [5, 5.41) is 4.19. The van der Waals surface area contributed by atoms with Gasteiger partial charge < -0.3 is 0 Å². The van der Waals surface area contributed by atoms with Gasteiger partial charge in [0.05, 0.1) is 11.3 Å². The lowest BCUT2D eigenvalue weighted by Crippen LogP contribution is -2.07. The lowest BCUT2D eigenvalue weighted by Gasteiger charge is -2.06. The molecule has 0 saturated heterocycles. The first-order valence-corrected chi connectivity index (χ1v) is 5.39. The van der Waals surface area contributed by atoms with E-state index in [1.165, 1.54) is 10.7 Å². The number of alkyl halides is 3. The second kappa shape index (κ2) is 4.44. The normalized spacial score (nSPS) is 12.1. The van der Waals surface area contributed by atoms with Gasteiger partial charge in [0, 0.05) is 18.5 Å². The zero-order valence-electron chi connectivity index (χ0n) is 9.86. The molecule has 0 bridgehead atoms. The van der Waals surface area contributed by atoms with Crippen molar-refractivity contribution in [1.82, 2.24) is 14.8 Å². The Morgan fingerprint density at radius 2 is 2.00 bits per heavy atom. The van der Waals surface area contributed by atoms with Gasteiger partial charge in [0.1, 0.15) is 0 Å². The molecule has 0 aromatic carbocycles. The van der Waals surface area contributed by atoms with Crippen molar-refractivity contribution in [3.05, 3.63) is 41.9 Å². The average Bonchev–Trinajstić information content (AvgIpc) is 2.77. The van der Waals surface area contributed by atoms with E-state index in [1.54, 1.807) is 6.20 Å². The van der Waals surface area contributed by atoms with Crippen LogP contribution in [0.3, 0.4) is 0 Å². The zero-order valence-corrected chi connectivity index (χ0v) is 9.86. The van der Waals surface area contributed by atoms with Crippen LogP contribution in [0.2, 0.25) is 0 Å². The Kier molecular flexibility index (Phi) is 3.11. The lowest BCUT2D eigenvalue weighted by molar-refractivity contribution is -0.137. The third-order valence-corrected chi connectivity index (χ3v) is 2.41. The number of aromatic nitrogens is 3. The van der Waals surface area contributed by atoms with E-state index in [-0.39, 0.29) is 5.92 Å². The van der Waals surface area contributed by atoms with E-state index >= 15 is 0 Å². The molecule has 6 heteroatoms. The minimum absolute atomic E-state index is 0.209. The third kappa shape index (κ3) is 2.52. The first kappa shape index (κ1) is 12.6. The molecule has 0 unspecified atom stereocenters. The molecule has 18 heavy (non-hydrogen) atoms. The van der Waals surface area contributed by atoms with Crippen molar-refractivity contribution in [2.24, 2.45) is 0 Å². The molecule has 0 aliphatic carbocycles. The molecule has 3 nitrogen and oxygen atoms in total. The molecule has 0 N–H and O–H groups in total. The van der Waals surface area contributed by atoms with Crippen molar-refractivity contribution < 1.29 is 13.2 Å². The van der Waals surface area contributed by atoms with Gasteiger partial charge in [-0.2, -0.15) is 18.3 Å². The van der Waals surface area contributed by atoms with E-state index < -0.39 is 11.7 Å². The Labute approximate surface area is 102 Å². The zero-order chi connectivity index (χ0) is 13.3. The van der Waals surface area contributed by atoms with Gasteiger partial charge in [-0.3, -0.25) is 0 Å². The largest absolute Gasteiger partial charge is 0.417 e. The molecule has 2 aromatic rings. The van der Waals surface area contributed by atoms with Crippen LogP contribution < -0.4 is 0 Å². The summed E-state index contributed by atoms with van der Waals surface area (Å²) in [6.45, 7) is 3.92. The molecule has 0 aliphatic heterocycles. The second-order valence-electron chi connectivity index (χ2n) is 4.16. The molecular weight excluding hydrogens is 243 g/mol. The Morgan fingerprint density at radius 1 is 1.28 bits per heavy atom. The van der Waals surface area contributed by atoms with Crippen molar-refractivity contribution in [3.63, 3.8) is 0 Å². The summed E-state index contributed by atoms with van der Waals surface area (Å²) in [5.41, 5.74) is -0.0248. The smallest absolute Gasteiger partial charge is 0.237 e.